The van der Waals surface area contributed by atoms with E-state index >= 15 is 0 Å². The molecule has 0 aliphatic heterocycles. The first-order valence-corrected chi connectivity index (χ1v) is 6.20. The molecule has 1 heterocycles. The second kappa shape index (κ2) is 6.47. The number of carbonyl (C=O) groups is 2. The van der Waals surface area contributed by atoms with Crippen molar-refractivity contribution in [2.45, 2.75) is 13.3 Å². The van der Waals surface area contributed by atoms with Crippen molar-refractivity contribution in [2.24, 2.45) is 0 Å². The number of carbonyl (C=O) groups excluding carboxylic acids is 2. The Hall–Kier alpha value is -2.69. The van der Waals surface area contributed by atoms with Crippen molar-refractivity contribution < 1.29 is 9.59 Å². The van der Waals surface area contributed by atoms with Gasteiger partial charge in [0.2, 0.25) is 11.8 Å². The first-order valence-electron chi connectivity index (χ1n) is 6.20. The number of benzene rings is 1. The number of hydrogen-bond donors (Lipinski definition) is 2. The van der Waals surface area contributed by atoms with Crippen molar-refractivity contribution in [1.82, 2.24) is 4.98 Å². The first-order chi connectivity index (χ1) is 9.63. The van der Waals surface area contributed by atoms with Gasteiger partial charge in [-0.2, -0.15) is 0 Å². The highest BCUT2D eigenvalue weighted by Gasteiger charge is 2.04. The molecule has 0 saturated heterocycles. The molecule has 0 unspecified atom stereocenters. The monoisotopic (exact) mass is 269 g/mol. The molecule has 2 amide bonds. The summed E-state index contributed by atoms with van der Waals surface area (Å²) in [5, 5.41) is 5.46. The van der Waals surface area contributed by atoms with Gasteiger partial charge in [0, 0.05) is 30.7 Å². The van der Waals surface area contributed by atoms with Gasteiger partial charge in [0.1, 0.15) is 0 Å². The van der Waals surface area contributed by atoms with E-state index in [0.717, 1.165) is 5.56 Å². The van der Waals surface area contributed by atoms with Crippen LogP contribution in [0.2, 0.25) is 0 Å². The fourth-order valence-electron chi connectivity index (χ4n) is 1.73. The van der Waals surface area contributed by atoms with Crippen molar-refractivity contribution in [1.29, 1.82) is 0 Å². The van der Waals surface area contributed by atoms with Gasteiger partial charge in [-0.05, 0) is 35.9 Å². The maximum absolute atomic E-state index is 11.8. The summed E-state index contributed by atoms with van der Waals surface area (Å²) in [7, 11) is 0. The molecule has 0 saturated carbocycles. The summed E-state index contributed by atoms with van der Waals surface area (Å²) in [6.45, 7) is 1.45. The number of amides is 2. The normalized spacial score (nSPS) is 9.85. The summed E-state index contributed by atoms with van der Waals surface area (Å²) in [4.78, 5) is 26.7. The lowest BCUT2D eigenvalue weighted by molar-refractivity contribution is -0.116. The Balaban J connectivity index is 1.93. The van der Waals surface area contributed by atoms with Gasteiger partial charge in [-0.1, -0.05) is 6.07 Å². The molecular weight excluding hydrogens is 254 g/mol. The highest BCUT2D eigenvalue weighted by Crippen LogP contribution is 2.13. The maximum Gasteiger partial charge on any atom is 0.228 e. The Morgan fingerprint density at radius 3 is 2.25 bits per heavy atom. The predicted octanol–water partition coefficient (Wildman–Crippen LogP) is 2.22. The molecule has 0 fully saturated rings. The summed E-state index contributed by atoms with van der Waals surface area (Å²) in [6, 6.07) is 10.6. The van der Waals surface area contributed by atoms with Gasteiger partial charge in [-0.15, -0.1) is 0 Å². The third-order valence-electron chi connectivity index (χ3n) is 2.58. The molecule has 0 aliphatic carbocycles. The lowest BCUT2D eigenvalue weighted by Crippen LogP contribution is -2.14. The van der Waals surface area contributed by atoms with Crippen molar-refractivity contribution in [3.8, 4) is 0 Å². The van der Waals surface area contributed by atoms with Crippen LogP contribution in [0.25, 0.3) is 0 Å². The number of aromatic nitrogens is 1. The van der Waals surface area contributed by atoms with Gasteiger partial charge in [-0.3, -0.25) is 14.6 Å². The number of rotatable bonds is 4. The lowest BCUT2D eigenvalue weighted by Gasteiger charge is -2.07. The SMILES string of the molecule is CC(=O)Nc1ccc(NC(=O)Cc2cccnc2)cc1. The van der Waals surface area contributed by atoms with E-state index in [-0.39, 0.29) is 18.2 Å². The van der Waals surface area contributed by atoms with Crippen LogP contribution < -0.4 is 10.6 Å². The van der Waals surface area contributed by atoms with Crippen LogP contribution in [0.3, 0.4) is 0 Å². The third-order valence-corrected chi connectivity index (χ3v) is 2.58. The van der Waals surface area contributed by atoms with Gasteiger partial charge < -0.3 is 10.6 Å². The van der Waals surface area contributed by atoms with Gasteiger partial charge in [0.05, 0.1) is 6.42 Å². The van der Waals surface area contributed by atoms with Crippen LogP contribution in [0.5, 0.6) is 0 Å². The number of nitrogens with one attached hydrogen (secondary N) is 2. The minimum atomic E-state index is -0.127. The lowest BCUT2D eigenvalue weighted by atomic mass is 10.2. The van der Waals surface area contributed by atoms with Gasteiger partial charge >= 0.3 is 0 Å². The van der Waals surface area contributed by atoms with Crippen molar-refractivity contribution in [2.75, 3.05) is 10.6 Å². The van der Waals surface area contributed by atoms with Crippen LogP contribution in [0.4, 0.5) is 11.4 Å². The molecule has 0 aliphatic rings. The van der Waals surface area contributed by atoms with E-state index in [4.69, 9.17) is 0 Å². The smallest absolute Gasteiger partial charge is 0.228 e. The molecule has 0 radical (unpaired) electrons. The van der Waals surface area contributed by atoms with E-state index in [1.54, 1.807) is 42.7 Å². The third kappa shape index (κ3) is 4.20. The van der Waals surface area contributed by atoms with Crippen LogP contribution in [0.1, 0.15) is 12.5 Å². The van der Waals surface area contributed by atoms with E-state index in [0.29, 0.717) is 11.4 Å². The molecule has 2 rings (SSSR count). The molecule has 0 atom stereocenters. The van der Waals surface area contributed by atoms with E-state index in [2.05, 4.69) is 15.6 Å². The van der Waals surface area contributed by atoms with Gasteiger partial charge in [0.25, 0.3) is 0 Å². The maximum atomic E-state index is 11.8. The van der Waals surface area contributed by atoms with Crippen LogP contribution in [0, 0.1) is 0 Å². The Labute approximate surface area is 117 Å². The minimum Gasteiger partial charge on any atom is -0.326 e. The first kappa shape index (κ1) is 13.7. The van der Waals surface area contributed by atoms with E-state index in [1.807, 2.05) is 6.07 Å². The molecule has 1 aromatic heterocycles. The molecular formula is C15H15N3O2. The van der Waals surface area contributed by atoms with Crippen molar-refractivity contribution in [3.63, 3.8) is 0 Å². The zero-order chi connectivity index (χ0) is 14.4. The fraction of sp³-hybridized carbons (Fsp3) is 0.133. The number of nitrogens with zero attached hydrogens (tertiary/aromatic N) is 1. The average molecular weight is 269 g/mol. The summed E-state index contributed by atoms with van der Waals surface area (Å²) < 4.78 is 0. The molecule has 102 valence electrons. The molecule has 5 nitrogen and oxygen atoms in total. The Bertz CT molecular complexity index is 594. The van der Waals surface area contributed by atoms with E-state index < -0.39 is 0 Å². The standard InChI is InChI=1S/C15H15N3O2/c1-11(19)17-13-4-6-14(7-5-13)18-15(20)9-12-3-2-8-16-10-12/h2-8,10H,9H2,1H3,(H,17,19)(H,18,20). The number of pyridine rings is 1. The Morgan fingerprint density at radius 2 is 1.70 bits per heavy atom. The largest absolute Gasteiger partial charge is 0.326 e. The molecule has 2 aromatic rings. The van der Waals surface area contributed by atoms with E-state index in [1.165, 1.54) is 6.92 Å². The number of anilines is 2. The van der Waals surface area contributed by atoms with Crippen molar-refractivity contribution >= 4 is 23.2 Å². The molecule has 0 bridgehead atoms. The summed E-state index contributed by atoms with van der Waals surface area (Å²) in [5.41, 5.74) is 2.25. The zero-order valence-electron chi connectivity index (χ0n) is 11.1. The fourth-order valence-corrected chi connectivity index (χ4v) is 1.73. The van der Waals surface area contributed by atoms with Crippen LogP contribution >= 0.6 is 0 Å². The molecule has 20 heavy (non-hydrogen) atoms. The van der Waals surface area contributed by atoms with Crippen LogP contribution in [0.15, 0.2) is 48.8 Å². The molecule has 2 N–H and O–H groups in total. The molecule has 1 aromatic carbocycles. The highest BCUT2D eigenvalue weighted by molar-refractivity contribution is 5.93. The molecule has 0 spiro atoms. The zero-order valence-corrected chi connectivity index (χ0v) is 11.1. The molecule has 5 heteroatoms. The second-order valence-electron chi connectivity index (χ2n) is 4.34. The number of hydrogen-bond acceptors (Lipinski definition) is 3. The average Bonchev–Trinajstić information content (AvgIpc) is 2.41. The summed E-state index contributed by atoms with van der Waals surface area (Å²) in [6.07, 6.45) is 3.61. The van der Waals surface area contributed by atoms with Gasteiger partial charge in [0.15, 0.2) is 0 Å². The summed E-state index contributed by atoms with van der Waals surface area (Å²) in [5.74, 6) is -0.233. The summed E-state index contributed by atoms with van der Waals surface area (Å²) >= 11 is 0. The van der Waals surface area contributed by atoms with Crippen LogP contribution in [-0.4, -0.2) is 16.8 Å². The quantitative estimate of drug-likeness (QED) is 0.894. The van der Waals surface area contributed by atoms with Gasteiger partial charge in [-0.25, -0.2) is 0 Å². The Morgan fingerprint density at radius 1 is 1.05 bits per heavy atom. The van der Waals surface area contributed by atoms with E-state index in [9.17, 15) is 9.59 Å². The predicted molar refractivity (Wildman–Crippen MR) is 77.3 cm³/mol. The van der Waals surface area contributed by atoms with Crippen LogP contribution in [-0.2, 0) is 16.0 Å². The highest BCUT2D eigenvalue weighted by atomic mass is 16.2. The Kier molecular flexibility index (Phi) is 4.44. The second-order valence-corrected chi connectivity index (χ2v) is 4.34. The van der Waals surface area contributed by atoms with Crippen molar-refractivity contribution in [3.05, 3.63) is 54.4 Å². The minimum absolute atomic E-state index is 0.106. The topological polar surface area (TPSA) is 71.1 Å².